The summed E-state index contributed by atoms with van der Waals surface area (Å²) in [4.78, 5) is 3.97. The molecule has 0 aliphatic heterocycles. The van der Waals surface area contributed by atoms with Crippen molar-refractivity contribution in [3.63, 3.8) is 0 Å². The minimum absolute atomic E-state index is 0.0235. The number of aromatic hydroxyl groups is 1. The van der Waals surface area contributed by atoms with E-state index < -0.39 is 0 Å². The summed E-state index contributed by atoms with van der Waals surface area (Å²) in [6.07, 6.45) is 1.51. The molecule has 0 spiro atoms. The minimum Gasteiger partial charge on any atom is -0.506 e. The number of pyridine rings is 1. The van der Waals surface area contributed by atoms with Gasteiger partial charge in [-0.3, -0.25) is 4.98 Å². The Hall–Kier alpha value is -2.14. The Kier molecular flexibility index (Phi) is 3.97. The molecule has 0 amide bonds. The van der Waals surface area contributed by atoms with Crippen molar-refractivity contribution in [1.29, 1.82) is 0 Å². The number of hydrogen-bond acceptors (Lipinski definition) is 4. The molecule has 0 bridgehead atoms. The highest BCUT2D eigenvalue weighted by Gasteiger charge is 2.11. The van der Waals surface area contributed by atoms with Crippen LogP contribution >= 0.6 is 0 Å². The number of aryl methyl sites for hydroxylation is 1. The number of aliphatic hydroxyl groups is 1. The Balaban J connectivity index is 2.24. The Morgan fingerprint density at radius 1 is 1.32 bits per heavy atom. The molecule has 0 aliphatic rings. The van der Waals surface area contributed by atoms with Gasteiger partial charge in [0.25, 0.3) is 0 Å². The zero-order valence-electron chi connectivity index (χ0n) is 10.5. The standard InChI is InChI=1S/C14H15FN2O2/c1-9-14(19)11(10(8-18)6-16-9)7-17-13-5-3-2-4-12(13)15/h2-6,17-19H,7-8H2,1H3. The Morgan fingerprint density at radius 2 is 2.05 bits per heavy atom. The smallest absolute Gasteiger partial charge is 0.146 e. The molecule has 100 valence electrons. The predicted molar refractivity (Wildman–Crippen MR) is 70.3 cm³/mol. The van der Waals surface area contributed by atoms with Crippen LogP contribution in [0.25, 0.3) is 0 Å². The van der Waals surface area contributed by atoms with Gasteiger partial charge in [0.15, 0.2) is 0 Å². The number of nitrogens with zero attached hydrogens (tertiary/aromatic N) is 1. The molecule has 2 rings (SSSR count). The molecule has 2 aromatic rings. The molecule has 0 saturated carbocycles. The van der Waals surface area contributed by atoms with Crippen molar-refractivity contribution in [2.45, 2.75) is 20.1 Å². The van der Waals surface area contributed by atoms with E-state index in [0.29, 0.717) is 22.5 Å². The third-order valence-corrected chi connectivity index (χ3v) is 2.93. The van der Waals surface area contributed by atoms with E-state index in [2.05, 4.69) is 10.3 Å². The lowest BCUT2D eigenvalue weighted by molar-refractivity contribution is 0.279. The highest BCUT2D eigenvalue weighted by atomic mass is 19.1. The average molecular weight is 262 g/mol. The second-order valence-electron chi connectivity index (χ2n) is 4.19. The molecular formula is C14H15FN2O2. The number of nitrogens with one attached hydrogen (secondary N) is 1. The van der Waals surface area contributed by atoms with E-state index in [1.54, 1.807) is 25.1 Å². The van der Waals surface area contributed by atoms with Gasteiger partial charge < -0.3 is 15.5 Å². The lowest BCUT2D eigenvalue weighted by Crippen LogP contribution is -2.06. The highest BCUT2D eigenvalue weighted by molar-refractivity contribution is 5.48. The maximum absolute atomic E-state index is 13.5. The van der Waals surface area contributed by atoms with Crippen LogP contribution < -0.4 is 5.32 Å². The molecule has 1 aromatic carbocycles. The molecule has 1 aromatic heterocycles. The van der Waals surface area contributed by atoms with Crippen molar-refractivity contribution in [3.8, 4) is 5.75 Å². The summed E-state index contributed by atoms with van der Waals surface area (Å²) in [7, 11) is 0. The monoisotopic (exact) mass is 262 g/mol. The van der Waals surface area contributed by atoms with Gasteiger partial charge in [0.2, 0.25) is 0 Å². The van der Waals surface area contributed by atoms with Crippen molar-refractivity contribution in [3.05, 3.63) is 53.1 Å². The number of para-hydroxylation sites is 1. The number of aromatic nitrogens is 1. The van der Waals surface area contributed by atoms with Crippen LogP contribution in [-0.4, -0.2) is 15.2 Å². The number of rotatable bonds is 4. The number of halogens is 1. The fraction of sp³-hybridized carbons (Fsp3) is 0.214. The van der Waals surface area contributed by atoms with Gasteiger partial charge in [-0.15, -0.1) is 0 Å². The molecule has 5 heteroatoms. The number of aliphatic hydroxyl groups excluding tert-OH is 1. The number of benzene rings is 1. The minimum atomic E-state index is -0.363. The van der Waals surface area contributed by atoms with E-state index in [1.807, 2.05) is 0 Å². The first kappa shape index (κ1) is 13.3. The normalized spacial score (nSPS) is 10.5. The molecule has 0 radical (unpaired) electrons. The van der Waals surface area contributed by atoms with Crippen molar-refractivity contribution in [2.24, 2.45) is 0 Å². The summed E-state index contributed by atoms with van der Waals surface area (Å²) in [5, 5.41) is 22.1. The van der Waals surface area contributed by atoms with E-state index in [9.17, 15) is 14.6 Å². The third-order valence-electron chi connectivity index (χ3n) is 2.93. The molecule has 1 heterocycles. The van der Waals surface area contributed by atoms with Crippen molar-refractivity contribution >= 4 is 5.69 Å². The first-order valence-electron chi connectivity index (χ1n) is 5.89. The van der Waals surface area contributed by atoms with Crippen LogP contribution in [0, 0.1) is 12.7 Å². The lowest BCUT2D eigenvalue weighted by atomic mass is 10.1. The fourth-order valence-corrected chi connectivity index (χ4v) is 1.81. The summed E-state index contributed by atoms with van der Waals surface area (Å²) in [6.45, 7) is 1.66. The van der Waals surface area contributed by atoms with Crippen molar-refractivity contribution in [2.75, 3.05) is 5.32 Å². The Morgan fingerprint density at radius 3 is 2.74 bits per heavy atom. The zero-order valence-corrected chi connectivity index (χ0v) is 10.5. The van der Waals surface area contributed by atoms with Gasteiger partial charge in [0, 0.05) is 23.9 Å². The second kappa shape index (κ2) is 5.67. The summed E-state index contributed by atoms with van der Waals surface area (Å²) < 4.78 is 13.5. The van der Waals surface area contributed by atoms with Crippen molar-refractivity contribution < 1.29 is 14.6 Å². The summed E-state index contributed by atoms with van der Waals surface area (Å²) >= 11 is 0. The maximum atomic E-state index is 13.5. The molecule has 19 heavy (non-hydrogen) atoms. The van der Waals surface area contributed by atoms with E-state index in [-0.39, 0.29) is 24.7 Å². The summed E-state index contributed by atoms with van der Waals surface area (Å²) in [5.41, 5.74) is 1.87. The van der Waals surface area contributed by atoms with E-state index in [4.69, 9.17) is 0 Å². The van der Waals surface area contributed by atoms with Gasteiger partial charge in [-0.1, -0.05) is 12.1 Å². The SMILES string of the molecule is Cc1ncc(CO)c(CNc2ccccc2F)c1O. The Labute approximate surface area is 110 Å². The highest BCUT2D eigenvalue weighted by Crippen LogP contribution is 2.25. The first-order valence-corrected chi connectivity index (χ1v) is 5.89. The molecule has 0 unspecified atom stereocenters. The van der Waals surface area contributed by atoms with Crippen LogP contribution in [0.15, 0.2) is 30.5 Å². The van der Waals surface area contributed by atoms with Crippen LogP contribution in [0.3, 0.4) is 0 Å². The topological polar surface area (TPSA) is 65.4 Å². The van der Waals surface area contributed by atoms with Gasteiger partial charge >= 0.3 is 0 Å². The van der Waals surface area contributed by atoms with Crippen LogP contribution in [0.4, 0.5) is 10.1 Å². The van der Waals surface area contributed by atoms with Gasteiger partial charge in [-0.05, 0) is 19.1 Å². The van der Waals surface area contributed by atoms with Gasteiger partial charge in [0.1, 0.15) is 11.6 Å². The third kappa shape index (κ3) is 2.82. The first-order chi connectivity index (χ1) is 9.13. The second-order valence-corrected chi connectivity index (χ2v) is 4.19. The van der Waals surface area contributed by atoms with Gasteiger partial charge in [-0.25, -0.2) is 4.39 Å². The van der Waals surface area contributed by atoms with Crippen LogP contribution in [0.1, 0.15) is 16.8 Å². The van der Waals surface area contributed by atoms with Crippen molar-refractivity contribution in [1.82, 2.24) is 4.98 Å². The van der Waals surface area contributed by atoms with Crippen LogP contribution in [-0.2, 0) is 13.2 Å². The molecule has 0 saturated heterocycles. The van der Waals surface area contributed by atoms with Gasteiger partial charge in [0.05, 0.1) is 18.0 Å². The molecule has 0 aliphatic carbocycles. The van der Waals surface area contributed by atoms with E-state index in [1.165, 1.54) is 12.3 Å². The number of hydrogen-bond donors (Lipinski definition) is 3. The van der Waals surface area contributed by atoms with Crippen LogP contribution in [0.2, 0.25) is 0 Å². The molecule has 0 fully saturated rings. The predicted octanol–water partition coefficient (Wildman–Crippen LogP) is 2.34. The summed E-state index contributed by atoms with van der Waals surface area (Å²) in [5.74, 6) is -0.339. The molecule has 4 nitrogen and oxygen atoms in total. The average Bonchev–Trinajstić information content (AvgIpc) is 2.42. The van der Waals surface area contributed by atoms with Crippen LogP contribution in [0.5, 0.6) is 5.75 Å². The van der Waals surface area contributed by atoms with Gasteiger partial charge in [-0.2, -0.15) is 0 Å². The largest absolute Gasteiger partial charge is 0.506 e. The fourth-order valence-electron chi connectivity index (χ4n) is 1.81. The zero-order chi connectivity index (χ0) is 13.8. The maximum Gasteiger partial charge on any atom is 0.146 e. The molecule has 3 N–H and O–H groups in total. The molecule has 0 atom stereocenters. The quantitative estimate of drug-likeness (QED) is 0.791. The summed E-state index contributed by atoms with van der Waals surface area (Å²) in [6, 6.07) is 6.29. The van der Waals surface area contributed by atoms with E-state index in [0.717, 1.165) is 0 Å². The van der Waals surface area contributed by atoms with E-state index >= 15 is 0 Å². The lowest BCUT2D eigenvalue weighted by Gasteiger charge is -2.13. The number of anilines is 1. The molecular weight excluding hydrogens is 247 g/mol. The Bertz CT molecular complexity index is 588.